The summed E-state index contributed by atoms with van der Waals surface area (Å²) < 4.78 is 0. The number of hydrogen-bond acceptors (Lipinski definition) is 4. The first-order chi connectivity index (χ1) is 11.5. The van der Waals surface area contributed by atoms with E-state index in [1.807, 2.05) is 0 Å². The molecule has 1 heterocycles. The predicted molar refractivity (Wildman–Crippen MR) is 85.0 cm³/mol. The van der Waals surface area contributed by atoms with Gasteiger partial charge in [-0.05, 0) is 48.6 Å². The number of imide groups is 1. The predicted octanol–water partition coefficient (Wildman–Crippen LogP) is 2.46. The normalized spacial score (nSPS) is 38.3. The van der Waals surface area contributed by atoms with Gasteiger partial charge in [0.1, 0.15) is 5.69 Å². The maximum Gasteiger partial charge on any atom is 0.293 e. The molecule has 0 spiro atoms. The number of nitrogens with zero attached hydrogens (tertiary/aromatic N) is 2. The second kappa shape index (κ2) is 4.32. The molecule has 1 aromatic carbocycles. The molecule has 3 fully saturated rings. The SMILES string of the molecule is Cc1ccc(N2C(=O)[C@@H]3[C@H]4C=C[C@@H]([C@@H]5C[C@H]45)[C@H]3C2=O)c([N+](=O)[O-])c1. The number of aryl methyl sites for hydroxylation is 1. The van der Waals surface area contributed by atoms with Crippen LogP contribution in [-0.4, -0.2) is 16.7 Å². The zero-order valence-corrected chi connectivity index (χ0v) is 13.1. The quantitative estimate of drug-likeness (QED) is 0.362. The molecule has 2 bridgehead atoms. The minimum atomic E-state index is -0.519. The number of allylic oxidation sites excluding steroid dienone is 2. The van der Waals surface area contributed by atoms with E-state index in [1.54, 1.807) is 13.0 Å². The average molecular weight is 324 g/mol. The minimum absolute atomic E-state index is 0.114. The Morgan fingerprint density at radius 1 is 1.08 bits per heavy atom. The lowest BCUT2D eigenvalue weighted by molar-refractivity contribution is -0.384. The van der Waals surface area contributed by atoms with Crippen molar-refractivity contribution in [2.45, 2.75) is 13.3 Å². The van der Waals surface area contributed by atoms with E-state index in [2.05, 4.69) is 12.2 Å². The highest BCUT2D eigenvalue weighted by molar-refractivity contribution is 6.23. The molecule has 6 atom stereocenters. The van der Waals surface area contributed by atoms with Crippen LogP contribution in [0.2, 0.25) is 0 Å². The van der Waals surface area contributed by atoms with Crippen molar-refractivity contribution in [1.82, 2.24) is 0 Å². The highest BCUT2D eigenvalue weighted by Gasteiger charge is 2.67. The molecule has 6 rings (SSSR count). The number of benzene rings is 1. The first-order valence-corrected chi connectivity index (χ1v) is 8.30. The molecule has 1 aromatic rings. The molecule has 1 aliphatic heterocycles. The number of nitro benzene ring substituents is 1. The summed E-state index contributed by atoms with van der Waals surface area (Å²) in [6.45, 7) is 1.75. The van der Waals surface area contributed by atoms with E-state index in [1.165, 1.54) is 12.1 Å². The van der Waals surface area contributed by atoms with Crippen LogP contribution in [0.25, 0.3) is 0 Å². The van der Waals surface area contributed by atoms with Gasteiger partial charge in [-0.25, -0.2) is 4.90 Å². The lowest BCUT2D eigenvalue weighted by Crippen LogP contribution is -2.40. The Morgan fingerprint density at radius 3 is 2.21 bits per heavy atom. The fourth-order valence-electron chi connectivity index (χ4n) is 5.16. The van der Waals surface area contributed by atoms with Crippen molar-refractivity contribution in [2.75, 3.05) is 4.90 Å². The number of anilines is 1. The van der Waals surface area contributed by atoms with Crippen LogP contribution >= 0.6 is 0 Å². The van der Waals surface area contributed by atoms with Gasteiger partial charge in [0.05, 0.1) is 16.8 Å². The van der Waals surface area contributed by atoms with Gasteiger partial charge in [0.2, 0.25) is 11.8 Å². The van der Waals surface area contributed by atoms with E-state index in [0.29, 0.717) is 11.8 Å². The van der Waals surface area contributed by atoms with Crippen LogP contribution in [-0.2, 0) is 9.59 Å². The Bertz CT molecular complexity index is 809. The molecule has 0 aromatic heterocycles. The average Bonchev–Trinajstić information content (AvgIpc) is 3.33. The largest absolute Gasteiger partial charge is 0.293 e. The molecule has 122 valence electrons. The third kappa shape index (κ3) is 1.56. The highest BCUT2D eigenvalue weighted by Crippen LogP contribution is 2.65. The molecule has 4 aliphatic carbocycles. The third-order valence-electron chi connectivity index (χ3n) is 6.23. The molecule has 0 radical (unpaired) electrons. The second-order valence-corrected chi connectivity index (χ2v) is 7.42. The molecule has 6 heteroatoms. The van der Waals surface area contributed by atoms with Crippen LogP contribution in [0.15, 0.2) is 30.4 Å². The highest BCUT2D eigenvalue weighted by atomic mass is 16.6. The first kappa shape index (κ1) is 13.9. The summed E-state index contributed by atoms with van der Waals surface area (Å²) in [5, 5.41) is 11.4. The van der Waals surface area contributed by atoms with Crippen molar-refractivity contribution in [3.05, 3.63) is 46.0 Å². The van der Waals surface area contributed by atoms with Crippen LogP contribution in [0.1, 0.15) is 12.0 Å². The van der Waals surface area contributed by atoms with Crippen molar-refractivity contribution < 1.29 is 14.5 Å². The third-order valence-corrected chi connectivity index (χ3v) is 6.23. The molecule has 0 N–H and O–H groups in total. The molecule has 5 aliphatic rings. The summed E-state index contributed by atoms with van der Waals surface area (Å²) in [7, 11) is 0. The Hall–Kier alpha value is -2.50. The Balaban J connectivity index is 1.61. The molecule has 2 saturated carbocycles. The van der Waals surface area contributed by atoms with Gasteiger partial charge in [-0.2, -0.15) is 0 Å². The van der Waals surface area contributed by atoms with Gasteiger partial charge < -0.3 is 0 Å². The maximum absolute atomic E-state index is 13.0. The molecular formula is C18H16N2O4. The standard InChI is InChI=1S/C18H16N2O4/c1-8-2-5-13(14(6-8)20(23)24)19-17(21)15-9-3-4-10(12-7-11(9)12)16(15)18(19)22/h2-6,9-12,15-16H,7H2,1H3/t9-,10-,11-,12+,15+,16+/m0/s1. The first-order valence-electron chi connectivity index (χ1n) is 8.30. The number of nitro groups is 1. The molecule has 24 heavy (non-hydrogen) atoms. The van der Waals surface area contributed by atoms with Crippen LogP contribution in [0, 0.1) is 52.5 Å². The van der Waals surface area contributed by atoms with Gasteiger partial charge in [0.25, 0.3) is 5.69 Å². The van der Waals surface area contributed by atoms with Crippen molar-refractivity contribution in [3.8, 4) is 0 Å². The minimum Gasteiger partial charge on any atom is -0.274 e. The molecule has 0 unspecified atom stereocenters. The number of carbonyl (C=O) groups excluding carboxylic acids is 2. The Labute approximate surface area is 138 Å². The summed E-state index contributed by atoms with van der Waals surface area (Å²) in [5.74, 6) is 0.0847. The summed E-state index contributed by atoms with van der Waals surface area (Å²) in [6, 6.07) is 4.65. The van der Waals surface area contributed by atoms with Crippen molar-refractivity contribution in [2.24, 2.45) is 35.5 Å². The zero-order chi connectivity index (χ0) is 16.7. The maximum atomic E-state index is 13.0. The fraction of sp³-hybridized carbons (Fsp3) is 0.444. The van der Waals surface area contributed by atoms with Gasteiger partial charge in [0, 0.05) is 6.07 Å². The zero-order valence-electron chi connectivity index (χ0n) is 13.1. The molecule has 6 nitrogen and oxygen atoms in total. The Kier molecular flexibility index (Phi) is 2.50. The smallest absolute Gasteiger partial charge is 0.274 e. The van der Waals surface area contributed by atoms with Crippen molar-refractivity contribution in [3.63, 3.8) is 0 Å². The van der Waals surface area contributed by atoms with E-state index < -0.39 is 4.92 Å². The summed E-state index contributed by atoms with van der Waals surface area (Å²) in [6.07, 6.45) is 5.29. The monoisotopic (exact) mass is 324 g/mol. The van der Waals surface area contributed by atoms with E-state index in [4.69, 9.17) is 0 Å². The number of hydrogen-bond donors (Lipinski definition) is 0. The number of rotatable bonds is 2. The fourth-order valence-corrected chi connectivity index (χ4v) is 5.16. The van der Waals surface area contributed by atoms with Crippen molar-refractivity contribution in [1.29, 1.82) is 0 Å². The lowest BCUT2D eigenvalue weighted by atomic mass is 9.63. The summed E-state index contributed by atoms with van der Waals surface area (Å²) in [5.41, 5.74) is 0.661. The van der Waals surface area contributed by atoms with Gasteiger partial charge in [0.15, 0.2) is 0 Å². The Morgan fingerprint density at radius 2 is 1.67 bits per heavy atom. The van der Waals surface area contributed by atoms with E-state index in [-0.39, 0.29) is 46.9 Å². The van der Waals surface area contributed by atoms with E-state index in [0.717, 1.165) is 16.9 Å². The van der Waals surface area contributed by atoms with E-state index in [9.17, 15) is 19.7 Å². The van der Waals surface area contributed by atoms with Crippen LogP contribution in [0.5, 0.6) is 0 Å². The van der Waals surface area contributed by atoms with Gasteiger partial charge in [-0.3, -0.25) is 19.7 Å². The molecule has 1 saturated heterocycles. The second-order valence-electron chi connectivity index (χ2n) is 7.42. The van der Waals surface area contributed by atoms with Crippen LogP contribution in [0.4, 0.5) is 11.4 Å². The summed E-state index contributed by atoms with van der Waals surface area (Å²) in [4.78, 5) is 38.0. The number of carbonyl (C=O) groups is 2. The van der Waals surface area contributed by atoms with Gasteiger partial charge in [-0.1, -0.05) is 18.2 Å². The molecular weight excluding hydrogens is 308 g/mol. The topological polar surface area (TPSA) is 80.5 Å². The lowest BCUT2D eigenvalue weighted by Gasteiger charge is -2.37. The van der Waals surface area contributed by atoms with Gasteiger partial charge in [-0.15, -0.1) is 0 Å². The van der Waals surface area contributed by atoms with Crippen LogP contribution in [0.3, 0.4) is 0 Å². The van der Waals surface area contributed by atoms with E-state index >= 15 is 0 Å². The van der Waals surface area contributed by atoms with Crippen LogP contribution < -0.4 is 4.90 Å². The number of amides is 2. The van der Waals surface area contributed by atoms with Gasteiger partial charge >= 0.3 is 0 Å². The summed E-state index contributed by atoms with van der Waals surface area (Å²) >= 11 is 0. The van der Waals surface area contributed by atoms with Crippen molar-refractivity contribution >= 4 is 23.2 Å². The molecule has 2 amide bonds.